The minimum absolute atomic E-state index is 0.487. The molecule has 0 N–H and O–H groups in total. The Kier molecular flexibility index (Phi) is 2.35. The number of carbonyl (C=O) groups excluding carboxylic acids is 1. The maximum absolute atomic E-state index is 10.5. The van der Waals surface area contributed by atoms with E-state index in [-0.39, 0.29) is 0 Å². The first-order valence-corrected chi connectivity index (χ1v) is 5.82. The minimum atomic E-state index is -0.537. The number of ether oxygens (including phenoxy) is 2. The van der Waals surface area contributed by atoms with E-state index in [0.29, 0.717) is 29.7 Å². The highest BCUT2D eigenvalue weighted by Crippen LogP contribution is 2.56. The lowest BCUT2D eigenvalue weighted by atomic mass is 10.0. The Morgan fingerprint density at radius 2 is 2.06 bits per heavy atom. The van der Waals surface area contributed by atoms with Crippen molar-refractivity contribution in [3.63, 3.8) is 0 Å². The Bertz CT molecular complexity index is 519. The molecular weight excluding hydrogens is 242 g/mol. The normalized spacial score (nSPS) is 19.4. The van der Waals surface area contributed by atoms with E-state index in [1.165, 1.54) is 0 Å². The molecule has 1 aliphatic carbocycles. The van der Waals surface area contributed by atoms with Gasteiger partial charge in [0.05, 0.1) is 5.02 Å². The molecule has 1 saturated carbocycles. The van der Waals surface area contributed by atoms with Gasteiger partial charge >= 0.3 is 0 Å². The van der Waals surface area contributed by atoms with Crippen LogP contribution in [0, 0.1) is 0 Å². The van der Waals surface area contributed by atoms with Gasteiger partial charge in [-0.05, 0) is 25.0 Å². The predicted molar refractivity (Wildman–Crippen MR) is 61.5 cm³/mol. The molecule has 4 nitrogen and oxygen atoms in total. The van der Waals surface area contributed by atoms with Crippen LogP contribution in [0.1, 0.15) is 18.4 Å². The maximum Gasteiger partial charge on any atom is 0.235 e. The standard InChI is InChI=1S/C12H10ClNO3/c13-8-1-2-9-11(17-6-5-16-9)10(8)12(3-4-12)14-7-15/h1-2H,3-6H2. The van der Waals surface area contributed by atoms with Crippen molar-refractivity contribution in [1.82, 2.24) is 0 Å². The molecule has 0 aromatic heterocycles. The monoisotopic (exact) mass is 251 g/mol. The lowest BCUT2D eigenvalue weighted by Crippen LogP contribution is -2.18. The van der Waals surface area contributed by atoms with Crippen molar-refractivity contribution >= 4 is 17.7 Å². The fourth-order valence-corrected chi connectivity index (χ4v) is 2.47. The molecule has 0 saturated heterocycles. The van der Waals surface area contributed by atoms with Gasteiger partial charge in [0, 0.05) is 5.56 Å². The summed E-state index contributed by atoms with van der Waals surface area (Å²) >= 11 is 6.20. The van der Waals surface area contributed by atoms with Gasteiger partial charge in [-0.15, -0.1) is 0 Å². The largest absolute Gasteiger partial charge is 0.486 e. The van der Waals surface area contributed by atoms with Gasteiger partial charge < -0.3 is 9.47 Å². The highest BCUT2D eigenvalue weighted by molar-refractivity contribution is 6.31. The van der Waals surface area contributed by atoms with Gasteiger partial charge in [0.25, 0.3) is 0 Å². The van der Waals surface area contributed by atoms with Crippen molar-refractivity contribution in [1.29, 1.82) is 0 Å². The Hall–Kier alpha value is -1.51. The van der Waals surface area contributed by atoms with E-state index in [2.05, 4.69) is 4.99 Å². The smallest absolute Gasteiger partial charge is 0.235 e. The number of benzene rings is 1. The quantitative estimate of drug-likeness (QED) is 0.599. The number of hydrogen-bond acceptors (Lipinski definition) is 4. The zero-order valence-electron chi connectivity index (χ0n) is 9.03. The predicted octanol–water partition coefficient (Wildman–Crippen LogP) is 2.44. The second-order valence-corrected chi connectivity index (χ2v) is 4.59. The molecule has 17 heavy (non-hydrogen) atoms. The lowest BCUT2D eigenvalue weighted by molar-refractivity contribution is 0.169. The van der Waals surface area contributed by atoms with E-state index >= 15 is 0 Å². The van der Waals surface area contributed by atoms with E-state index < -0.39 is 5.54 Å². The summed E-state index contributed by atoms with van der Waals surface area (Å²) in [6.07, 6.45) is 3.21. The molecule has 0 unspecified atom stereocenters. The molecule has 5 heteroatoms. The number of aliphatic imine (C=N–C) groups is 1. The van der Waals surface area contributed by atoms with Crippen molar-refractivity contribution in [2.45, 2.75) is 18.4 Å². The molecular formula is C12H10ClNO3. The summed E-state index contributed by atoms with van der Waals surface area (Å²) in [6.45, 7) is 1.01. The van der Waals surface area contributed by atoms with Crippen LogP contribution in [-0.2, 0) is 10.3 Å². The van der Waals surface area contributed by atoms with Gasteiger partial charge in [-0.1, -0.05) is 11.6 Å². The third kappa shape index (κ3) is 1.61. The van der Waals surface area contributed by atoms with Crippen molar-refractivity contribution in [3.8, 4) is 11.5 Å². The van der Waals surface area contributed by atoms with Crippen LogP contribution in [-0.4, -0.2) is 19.3 Å². The number of hydrogen-bond donors (Lipinski definition) is 0. The zero-order valence-corrected chi connectivity index (χ0v) is 9.79. The average Bonchev–Trinajstić information content (AvgIpc) is 3.10. The molecule has 0 spiro atoms. The summed E-state index contributed by atoms with van der Waals surface area (Å²) in [6, 6.07) is 3.53. The molecule has 1 aromatic rings. The van der Waals surface area contributed by atoms with Crippen LogP contribution < -0.4 is 9.47 Å². The molecule has 88 valence electrons. The van der Waals surface area contributed by atoms with Crippen LogP contribution in [0.5, 0.6) is 11.5 Å². The van der Waals surface area contributed by atoms with E-state index in [4.69, 9.17) is 21.1 Å². The molecule has 0 bridgehead atoms. The average molecular weight is 252 g/mol. The second kappa shape index (κ2) is 3.76. The minimum Gasteiger partial charge on any atom is -0.486 e. The Morgan fingerprint density at radius 3 is 2.76 bits per heavy atom. The highest BCUT2D eigenvalue weighted by Gasteiger charge is 2.49. The van der Waals surface area contributed by atoms with Gasteiger partial charge in [-0.2, -0.15) is 4.99 Å². The van der Waals surface area contributed by atoms with Crippen LogP contribution in [0.25, 0.3) is 0 Å². The summed E-state index contributed by atoms with van der Waals surface area (Å²) in [5.41, 5.74) is 0.227. The fraction of sp³-hybridized carbons (Fsp3) is 0.417. The third-order valence-electron chi connectivity index (χ3n) is 3.11. The Labute approximate surface area is 103 Å². The summed E-state index contributed by atoms with van der Waals surface area (Å²) in [7, 11) is 0. The van der Waals surface area contributed by atoms with Crippen LogP contribution in [0.3, 0.4) is 0 Å². The summed E-state index contributed by atoms with van der Waals surface area (Å²) < 4.78 is 11.1. The molecule has 1 aromatic carbocycles. The van der Waals surface area contributed by atoms with Gasteiger partial charge in [0.15, 0.2) is 11.5 Å². The maximum atomic E-state index is 10.5. The zero-order chi connectivity index (χ0) is 11.9. The number of rotatable bonds is 2. The first-order chi connectivity index (χ1) is 8.27. The van der Waals surface area contributed by atoms with Crippen LogP contribution >= 0.6 is 11.6 Å². The molecule has 1 fully saturated rings. The van der Waals surface area contributed by atoms with E-state index in [0.717, 1.165) is 18.4 Å². The molecule has 0 radical (unpaired) electrons. The molecule has 1 heterocycles. The highest BCUT2D eigenvalue weighted by atomic mass is 35.5. The topological polar surface area (TPSA) is 47.9 Å². The van der Waals surface area contributed by atoms with Crippen molar-refractivity contribution < 1.29 is 14.3 Å². The first kappa shape index (κ1) is 10.6. The van der Waals surface area contributed by atoms with E-state index in [1.807, 2.05) is 0 Å². The number of nitrogens with zero attached hydrogens (tertiary/aromatic N) is 1. The molecule has 0 amide bonds. The van der Waals surface area contributed by atoms with Gasteiger partial charge in [-0.3, -0.25) is 0 Å². The van der Waals surface area contributed by atoms with Gasteiger partial charge in [-0.25, -0.2) is 4.79 Å². The lowest BCUT2D eigenvalue weighted by Gasteiger charge is -2.23. The van der Waals surface area contributed by atoms with E-state index in [9.17, 15) is 4.79 Å². The molecule has 3 rings (SSSR count). The van der Waals surface area contributed by atoms with Crippen molar-refractivity contribution in [2.24, 2.45) is 4.99 Å². The van der Waals surface area contributed by atoms with Gasteiger partial charge in [0.1, 0.15) is 18.8 Å². The Morgan fingerprint density at radius 1 is 1.29 bits per heavy atom. The molecule has 2 aliphatic rings. The third-order valence-corrected chi connectivity index (χ3v) is 3.42. The number of fused-ring (bicyclic) bond motifs is 1. The fourth-order valence-electron chi connectivity index (χ4n) is 2.15. The summed E-state index contributed by atoms with van der Waals surface area (Å²) in [4.78, 5) is 14.4. The van der Waals surface area contributed by atoms with Gasteiger partial charge in [0.2, 0.25) is 6.08 Å². The molecule has 1 aliphatic heterocycles. The van der Waals surface area contributed by atoms with E-state index in [1.54, 1.807) is 18.2 Å². The second-order valence-electron chi connectivity index (χ2n) is 4.18. The summed E-state index contributed by atoms with van der Waals surface area (Å²) in [5, 5.41) is 0.561. The molecule has 0 atom stereocenters. The first-order valence-electron chi connectivity index (χ1n) is 5.44. The number of halogens is 1. The Balaban J connectivity index is 2.18. The SMILES string of the molecule is O=C=NC1(c2c(Cl)ccc3c2OCCO3)CC1. The number of isocyanates is 1. The van der Waals surface area contributed by atoms with Crippen LogP contribution in [0.15, 0.2) is 17.1 Å². The van der Waals surface area contributed by atoms with Crippen LogP contribution in [0.4, 0.5) is 0 Å². The van der Waals surface area contributed by atoms with Crippen molar-refractivity contribution in [3.05, 3.63) is 22.7 Å². The van der Waals surface area contributed by atoms with Crippen molar-refractivity contribution in [2.75, 3.05) is 13.2 Å². The summed E-state index contributed by atoms with van der Waals surface area (Å²) in [5.74, 6) is 1.29. The van der Waals surface area contributed by atoms with Crippen LogP contribution in [0.2, 0.25) is 5.02 Å².